The van der Waals surface area contributed by atoms with Gasteiger partial charge in [-0.3, -0.25) is 14.9 Å². The van der Waals surface area contributed by atoms with Gasteiger partial charge in [0.25, 0.3) is 11.8 Å². The quantitative estimate of drug-likeness (QED) is 0.495. The number of amides is 2. The summed E-state index contributed by atoms with van der Waals surface area (Å²) in [6.07, 6.45) is 3.75. The first-order valence-corrected chi connectivity index (χ1v) is 6.84. The first kappa shape index (κ1) is 15.6. The Morgan fingerprint density at radius 3 is 2.41 bits per heavy atom. The van der Waals surface area contributed by atoms with Crippen molar-refractivity contribution in [2.45, 2.75) is 32.1 Å². The minimum Gasteiger partial charge on any atom is -0.492 e. The van der Waals surface area contributed by atoms with Crippen molar-refractivity contribution in [1.29, 1.82) is 0 Å². The lowest BCUT2D eigenvalue weighted by atomic mass is 10.1. The number of hydrogen-bond acceptors (Lipinski definition) is 6. The molecular weight excluding hydrogens is 292 g/mol. The predicted octanol–water partition coefficient (Wildman–Crippen LogP) is 0.388. The number of unbranched alkanes of at least 4 members (excludes halogenated alkanes) is 2. The second kappa shape index (κ2) is 6.79. The number of nitrogens with zero attached hydrogens (tertiary/aromatic N) is 1. The lowest BCUT2D eigenvalue weighted by Crippen LogP contribution is -2.22. The SMILES string of the molecule is O=C1C=C(CCCCCC(=O)On2c(O)ccc2O)C(=O)N1. The molecule has 0 aliphatic carbocycles. The first-order chi connectivity index (χ1) is 10.5. The van der Waals surface area contributed by atoms with E-state index in [2.05, 4.69) is 5.32 Å². The zero-order valence-corrected chi connectivity index (χ0v) is 11.7. The van der Waals surface area contributed by atoms with Crippen molar-refractivity contribution in [3.63, 3.8) is 0 Å². The molecule has 1 aliphatic heterocycles. The number of aromatic nitrogens is 1. The van der Waals surface area contributed by atoms with Gasteiger partial charge in [0.15, 0.2) is 0 Å². The van der Waals surface area contributed by atoms with E-state index in [-0.39, 0.29) is 24.1 Å². The molecule has 0 atom stereocenters. The normalized spacial score (nSPS) is 13.9. The molecule has 8 heteroatoms. The Balaban J connectivity index is 1.65. The Morgan fingerprint density at radius 2 is 1.82 bits per heavy atom. The number of carbonyl (C=O) groups excluding carboxylic acids is 3. The van der Waals surface area contributed by atoms with E-state index in [4.69, 9.17) is 4.84 Å². The first-order valence-electron chi connectivity index (χ1n) is 6.84. The molecular formula is C14H16N2O6. The van der Waals surface area contributed by atoms with Gasteiger partial charge >= 0.3 is 5.97 Å². The van der Waals surface area contributed by atoms with Crippen LogP contribution in [0.4, 0.5) is 0 Å². The van der Waals surface area contributed by atoms with E-state index in [9.17, 15) is 24.6 Å². The van der Waals surface area contributed by atoms with Crippen molar-refractivity contribution >= 4 is 17.8 Å². The Labute approximate surface area is 125 Å². The number of nitrogens with one attached hydrogen (secondary N) is 1. The third-order valence-electron chi connectivity index (χ3n) is 3.15. The lowest BCUT2D eigenvalue weighted by Gasteiger charge is -2.06. The molecule has 1 aromatic heterocycles. The zero-order chi connectivity index (χ0) is 16.1. The molecule has 8 nitrogen and oxygen atoms in total. The van der Waals surface area contributed by atoms with Gasteiger partial charge in [-0.2, -0.15) is 0 Å². The minimum atomic E-state index is -0.588. The van der Waals surface area contributed by atoms with Gasteiger partial charge in [0.2, 0.25) is 11.8 Å². The Kier molecular flexibility index (Phi) is 4.82. The molecule has 0 saturated carbocycles. The summed E-state index contributed by atoms with van der Waals surface area (Å²) >= 11 is 0. The van der Waals surface area contributed by atoms with Crippen molar-refractivity contribution < 1.29 is 29.4 Å². The lowest BCUT2D eigenvalue weighted by molar-refractivity contribution is -0.145. The fourth-order valence-electron chi connectivity index (χ4n) is 2.04. The molecule has 22 heavy (non-hydrogen) atoms. The maximum Gasteiger partial charge on any atom is 0.333 e. The number of carbonyl (C=O) groups is 3. The summed E-state index contributed by atoms with van der Waals surface area (Å²) in [5.74, 6) is -2.07. The highest BCUT2D eigenvalue weighted by Crippen LogP contribution is 2.19. The van der Waals surface area contributed by atoms with E-state index in [0.29, 0.717) is 36.0 Å². The fraction of sp³-hybridized carbons (Fsp3) is 0.357. The molecule has 2 amide bonds. The van der Waals surface area contributed by atoms with Crippen molar-refractivity contribution in [2.24, 2.45) is 0 Å². The standard InChI is InChI=1S/C14H16N2O6/c17-10-8-9(14(21)15-10)4-2-1-3-5-13(20)22-16-11(18)6-7-12(16)19/h6-8,18-19H,1-5H2,(H,15,17,21). The largest absolute Gasteiger partial charge is 0.492 e. The number of aromatic hydroxyl groups is 2. The van der Waals surface area contributed by atoms with Crippen LogP contribution in [-0.4, -0.2) is 32.7 Å². The summed E-state index contributed by atoms with van der Waals surface area (Å²) in [7, 11) is 0. The van der Waals surface area contributed by atoms with Crippen LogP contribution in [-0.2, 0) is 14.4 Å². The summed E-state index contributed by atoms with van der Waals surface area (Å²) in [6.45, 7) is 0. The van der Waals surface area contributed by atoms with E-state index in [0.717, 1.165) is 0 Å². The van der Waals surface area contributed by atoms with Crippen LogP contribution in [0, 0.1) is 0 Å². The average molecular weight is 308 g/mol. The van der Waals surface area contributed by atoms with Gasteiger partial charge in [-0.25, -0.2) is 4.79 Å². The van der Waals surface area contributed by atoms with Crippen LogP contribution in [0.5, 0.6) is 11.8 Å². The predicted molar refractivity (Wildman–Crippen MR) is 73.7 cm³/mol. The minimum absolute atomic E-state index is 0.112. The maximum absolute atomic E-state index is 11.5. The number of hydrogen-bond donors (Lipinski definition) is 3. The highest BCUT2D eigenvalue weighted by atomic mass is 16.7. The van der Waals surface area contributed by atoms with Crippen LogP contribution >= 0.6 is 0 Å². The molecule has 0 saturated heterocycles. The Bertz CT molecular complexity index is 612. The smallest absolute Gasteiger partial charge is 0.333 e. The van der Waals surface area contributed by atoms with Gasteiger partial charge < -0.3 is 15.1 Å². The van der Waals surface area contributed by atoms with Crippen LogP contribution in [0.25, 0.3) is 0 Å². The highest BCUT2D eigenvalue weighted by molar-refractivity contribution is 6.16. The van der Waals surface area contributed by atoms with Crippen LogP contribution in [0.1, 0.15) is 32.1 Å². The molecule has 118 valence electrons. The van der Waals surface area contributed by atoms with E-state index in [1.807, 2.05) is 0 Å². The summed E-state index contributed by atoms with van der Waals surface area (Å²) in [5.41, 5.74) is 0.453. The number of rotatable bonds is 7. The number of imide groups is 1. The molecule has 2 rings (SSSR count). The van der Waals surface area contributed by atoms with Gasteiger partial charge in [0, 0.05) is 30.2 Å². The summed E-state index contributed by atoms with van der Waals surface area (Å²) in [5, 5.41) is 20.8. The van der Waals surface area contributed by atoms with Crippen molar-refractivity contribution in [2.75, 3.05) is 0 Å². The highest BCUT2D eigenvalue weighted by Gasteiger charge is 2.19. The average Bonchev–Trinajstić information content (AvgIpc) is 2.94. The van der Waals surface area contributed by atoms with Crippen LogP contribution in [0.2, 0.25) is 0 Å². The fourth-order valence-corrected chi connectivity index (χ4v) is 2.04. The maximum atomic E-state index is 11.5. The molecule has 0 unspecified atom stereocenters. The second-order valence-corrected chi connectivity index (χ2v) is 4.86. The Morgan fingerprint density at radius 1 is 1.14 bits per heavy atom. The van der Waals surface area contributed by atoms with E-state index < -0.39 is 11.9 Å². The van der Waals surface area contributed by atoms with Crippen LogP contribution in [0.3, 0.4) is 0 Å². The summed E-state index contributed by atoms with van der Waals surface area (Å²) in [4.78, 5) is 38.5. The van der Waals surface area contributed by atoms with Crippen LogP contribution in [0.15, 0.2) is 23.8 Å². The zero-order valence-electron chi connectivity index (χ0n) is 11.7. The third kappa shape index (κ3) is 3.87. The Hall–Kier alpha value is -2.77. The van der Waals surface area contributed by atoms with E-state index in [1.54, 1.807) is 0 Å². The molecule has 3 N–H and O–H groups in total. The van der Waals surface area contributed by atoms with E-state index in [1.165, 1.54) is 18.2 Å². The van der Waals surface area contributed by atoms with Gasteiger partial charge in [-0.15, -0.1) is 4.73 Å². The molecule has 0 bridgehead atoms. The van der Waals surface area contributed by atoms with Gasteiger partial charge in [-0.1, -0.05) is 6.42 Å². The molecule has 0 fully saturated rings. The van der Waals surface area contributed by atoms with Gasteiger partial charge in [0.05, 0.1) is 0 Å². The van der Waals surface area contributed by atoms with Crippen LogP contribution < -0.4 is 10.2 Å². The van der Waals surface area contributed by atoms with Gasteiger partial charge in [0.1, 0.15) is 0 Å². The molecule has 0 aromatic carbocycles. The van der Waals surface area contributed by atoms with E-state index >= 15 is 0 Å². The summed E-state index contributed by atoms with van der Waals surface area (Å²) in [6, 6.07) is 2.40. The molecule has 1 aliphatic rings. The molecule has 2 heterocycles. The third-order valence-corrected chi connectivity index (χ3v) is 3.15. The van der Waals surface area contributed by atoms with Crippen molar-refractivity contribution in [3.05, 3.63) is 23.8 Å². The second-order valence-electron chi connectivity index (χ2n) is 4.86. The molecule has 0 radical (unpaired) electrons. The molecule has 1 aromatic rings. The van der Waals surface area contributed by atoms with Crippen molar-refractivity contribution in [1.82, 2.24) is 10.0 Å². The molecule has 0 spiro atoms. The topological polar surface area (TPSA) is 118 Å². The summed E-state index contributed by atoms with van der Waals surface area (Å²) < 4.78 is 0.640. The monoisotopic (exact) mass is 308 g/mol. The van der Waals surface area contributed by atoms with Crippen molar-refractivity contribution in [3.8, 4) is 11.8 Å². The van der Waals surface area contributed by atoms with Gasteiger partial charge in [-0.05, 0) is 19.3 Å².